The molecule has 0 amide bonds. The van der Waals surface area contributed by atoms with E-state index in [0.29, 0.717) is 28.9 Å². The van der Waals surface area contributed by atoms with E-state index in [1.54, 1.807) is 25.8 Å². The molecule has 138 valence electrons. The summed E-state index contributed by atoms with van der Waals surface area (Å²) in [6.45, 7) is 1.99. The number of nitrogens with two attached hydrogens (primary N) is 1. The molecule has 4 heterocycles. The largest absolute Gasteiger partial charge is 0.494 e. The van der Waals surface area contributed by atoms with Crippen LogP contribution in [0.25, 0.3) is 11.0 Å². The monoisotopic (exact) mass is 365 g/mol. The van der Waals surface area contributed by atoms with Gasteiger partial charge in [0.25, 0.3) is 0 Å². The lowest BCUT2D eigenvalue weighted by Crippen LogP contribution is -2.11. The van der Waals surface area contributed by atoms with Gasteiger partial charge in [-0.15, -0.1) is 0 Å². The number of anilines is 3. The van der Waals surface area contributed by atoms with Gasteiger partial charge in [-0.05, 0) is 13.0 Å². The second-order valence-electron chi connectivity index (χ2n) is 6.10. The molecule has 0 unspecified atom stereocenters. The van der Waals surface area contributed by atoms with Crippen LogP contribution in [-0.4, -0.2) is 41.2 Å². The Balaban J connectivity index is 1.73. The van der Waals surface area contributed by atoms with Gasteiger partial charge in [-0.3, -0.25) is 0 Å². The van der Waals surface area contributed by atoms with Crippen molar-refractivity contribution in [2.75, 3.05) is 18.2 Å². The SMILES string of the molecule is COc1cnc([C@@H](C)n2ccc3c(Nc4cn(C)cn4)nc(N)nc32)nc1. The highest BCUT2D eigenvalue weighted by molar-refractivity contribution is 5.90. The Hall–Kier alpha value is -3.69. The van der Waals surface area contributed by atoms with Crippen LogP contribution < -0.4 is 15.8 Å². The molecule has 0 saturated heterocycles. The van der Waals surface area contributed by atoms with Crippen molar-refractivity contribution < 1.29 is 4.74 Å². The first-order chi connectivity index (χ1) is 13.0. The molecule has 3 N–H and O–H groups in total. The summed E-state index contributed by atoms with van der Waals surface area (Å²) in [5.41, 5.74) is 6.63. The molecule has 0 fully saturated rings. The fourth-order valence-electron chi connectivity index (χ4n) is 2.83. The molecular weight excluding hydrogens is 346 g/mol. The molecule has 1 atom stereocenters. The Labute approximate surface area is 155 Å². The summed E-state index contributed by atoms with van der Waals surface area (Å²) < 4.78 is 8.92. The lowest BCUT2D eigenvalue weighted by Gasteiger charge is -2.14. The highest BCUT2D eigenvalue weighted by atomic mass is 16.5. The quantitative estimate of drug-likeness (QED) is 0.550. The molecule has 0 aromatic carbocycles. The van der Waals surface area contributed by atoms with Crippen LogP contribution in [0.15, 0.2) is 37.2 Å². The fraction of sp³-hybridized carbons (Fsp3) is 0.235. The number of nitrogens with one attached hydrogen (secondary N) is 1. The van der Waals surface area contributed by atoms with E-state index in [1.165, 1.54) is 0 Å². The van der Waals surface area contributed by atoms with Crippen LogP contribution in [0.3, 0.4) is 0 Å². The van der Waals surface area contributed by atoms with Crippen LogP contribution in [0.1, 0.15) is 18.8 Å². The summed E-state index contributed by atoms with van der Waals surface area (Å²) in [4.78, 5) is 21.7. The highest BCUT2D eigenvalue weighted by Crippen LogP contribution is 2.28. The number of nitrogens with zero attached hydrogens (tertiary/aromatic N) is 7. The minimum atomic E-state index is -0.148. The van der Waals surface area contributed by atoms with E-state index in [1.807, 2.05) is 41.6 Å². The Morgan fingerprint density at radius 2 is 1.96 bits per heavy atom. The first kappa shape index (κ1) is 16.8. The van der Waals surface area contributed by atoms with Crippen molar-refractivity contribution in [3.05, 3.63) is 43.0 Å². The van der Waals surface area contributed by atoms with Crippen LogP contribution in [0.2, 0.25) is 0 Å². The number of hydrogen-bond acceptors (Lipinski definition) is 8. The third kappa shape index (κ3) is 3.12. The van der Waals surface area contributed by atoms with E-state index in [9.17, 15) is 0 Å². The molecule has 27 heavy (non-hydrogen) atoms. The molecule has 0 aliphatic carbocycles. The topological polar surface area (TPSA) is 122 Å². The van der Waals surface area contributed by atoms with Crippen molar-refractivity contribution in [2.24, 2.45) is 7.05 Å². The minimum Gasteiger partial charge on any atom is -0.494 e. The number of rotatable bonds is 5. The van der Waals surface area contributed by atoms with Crippen LogP contribution in [0.4, 0.5) is 17.6 Å². The number of ether oxygens (including phenoxy) is 1. The standard InChI is InChI=1S/C17H19N9O/c1-10(14-19-6-11(27-3)7-20-14)26-5-4-12-15(23-17(18)24-16(12)26)22-13-8-25(2)9-21-13/h4-10H,1-3H3,(H3,18,22,23,24)/t10-/m1/s1. The van der Waals surface area contributed by atoms with E-state index in [4.69, 9.17) is 10.5 Å². The van der Waals surface area contributed by atoms with Gasteiger partial charge in [-0.1, -0.05) is 0 Å². The fourth-order valence-corrected chi connectivity index (χ4v) is 2.83. The van der Waals surface area contributed by atoms with E-state index >= 15 is 0 Å². The van der Waals surface area contributed by atoms with Gasteiger partial charge in [-0.2, -0.15) is 9.97 Å². The highest BCUT2D eigenvalue weighted by Gasteiger charge is 2.18. The Kier molecular flexibility index (Phi) is 4.07. The molecule has 4 aromatic rings. The molecule has 4 rings (SSSR count). The zero-order chi connectivity index (χ0) is 19.0. The summed E-state index contributed by atoms with van der Waals surface area (Å²) >= 11 is 0. The zero-order valence-electron chi connectivity index (χ0n) is 15.2. The second kappa shape index (κ2) is 6.56. The van der Waals surface area contributed by atoms with Gasteiger partial charge in [0, 0.05) is 19.4 Å². The lowest BCUT2D eigenvalue weighted by molar-refractivity contribution is 0.409. The van der Waals surface area contributed by atoms with E-state index in [-0.39, 0.29) is 12.0 Å². The number of imidazole rings is 1. The maximum Gasteiger partial charge on any atom is 0.224 e. The predicted octanol–water partition coefficient (Wildman–Crippen LogP) is 1.90. The molecular formula is C17H19N9O. The van der Waals surface area contributed by atoms with Crippen molar-refractivity contribution in [1.82, 2.24) is 34.1 Å². The summed E-state index contributed by atoms with van der Waals surface area (Å²) in [6.07, 6.45) is 8.76. The van der Waals surface area contributed by atoms with Crippen LogP contribution >= 0.6 is 0 Å². The van der Waals surface area contributed by atoms with Crippen LogP contribution in [0.5, 0.6) is 5.75 Å². The van der Waals surface area contributed by atoms with Crippen LogP contribution in [-0.2, 0) is 7.05 Å². The van der Waals surface area contributed by atoms with E-state index in [2.05, 4.69) is 30.2 Å². The van der Waals surface area contributed by atoms with E-state index in [0.717, 1.165) is 5.39 Å². The van der Waals surface area contributed by atoms with Crippen molar-refractivity contribution in [1.29, 1.82) is 0 Å². The number of aryl methyl sites for hydroxylation is 1. The predicted molar refractivity (Wildman–Crippen MR) is 101 cm³/mol. The molecule has 10 nitrogen and oxygen atoms in total. The smallest absolute Gasteiger partial charge is 0.224 e. The maximum absolute atomic E-state index is 5.94. The average molecular weight is 365 g/mol. The van der Waals surface area contributed by atoms with Crippen molar-refractivity contribution in [3.8, 4) is 5.75 Å². The molecule has 0 saturated carbocycles. The van der Waals surface area contributed by atoms with Crippen LogP contribution in [0, 0.1) is 0 Å². The number of aromatic nitrogens is 7. The molecule has 0 aliphatic heterocycles. The first-order valence-corrected chi connectivity index (χ1v) is 8.30. The number of fused-ring (bicyclic) bond motifs is 1. The van der Waals surface area contributed by atoms with Gasteiger partial charge in [0.2, 0.25) is 5.95 Å². The number of hydrogen-bond donors (Lipinski definition) is 2. The van der Waals surface area contributed by atoms with Gasteiger partial charge in [0.05, 0.1) is 37.3 Å². The van der Waals surface area contributed by atoms with Gasteiger partial charge in [0.15, 0.2) is 11.6 Å². The molecule has 4 aromatic heterocycles. The van der Waals surface area contributed by atoms with Crippen molar-refractivity contribution in [3.63, 3.8) is 0 Å². The normalized spacial score (nSPS) is 12.3. The molecule has 0 radical (unpaired) electrons. The van der Waals surface area contributed by atoms with Crippen molar-refractivity contribution >= 4 is 28.6 Å². The number of methoxy groups -OCH3 is 1. The molecule has 0 spiro atoms. The minimum absolute atomic E-state index is 0.148. The van der Waals surface area contributed by atoms with Gasteiger partial charge in [0.1, 0.15) is 17.3 Å². The molecule has 0 bridgehead atoms. The summed E-state index contributed by atoms with van der Waals surface area (Å²) in [7, 11) is 3.48. The van der Waals surface area contributed by atoms with Gasteiger partial charge >= 0.3 is 0 Å². The van der Waals surface area contributed by atoms with Gasteiger partial charge < -0.3 is 24.9 Å². The number of nitrogen functional groups attached to an aromatic ring is 1. The van der Waals surface area contributed by atoms with E-state index < -0.39 is 0 Å². The third-order valence-electron chi connectivity index (χ3n) is 4.22. The molecule has 0 aliphatic rings. The van der Waals surface area contributed by atoms with Gasteiger partial charge in [-0.25, -0.2) is 15.0 Å². The average Bonchev–Trinajstić information content (AvgIpc) is 3.27. The molecule has 10 heteroatoms. The Morgan fingerprint density at radius 3 is 2.63 bits per heavy atom. The van der Waals surface area contributed by atoms with Crippen molar-refractivity contribution in [2.45, 2.75) is 13.0 Å². The zero-order valence-corrected chi connectivity index (χ0v) is 15.2. The lowest BCUT2D eigenvalue weighted by atomic mass is 10.3. The third-order valence-corrected chi connectivity index (χ3v) is 4.22. The summed E-state index contributed by atoms with van der Waals surface area (Å²) in [5, 5.41) is 4.02. The Morgan fingerprint density at radius 1 is 1.19 bits per heavy atom. The Bertz CT molecular complexity index is 1080. The summed E-state index contributed by atoms with van der Waals surface area (Å²) in [5.74, 6) is 2.69. The summed E-state index contributed by atoms with van der Waals surface area (Å²) in [6, 6.07) is 1.78. The first-order valence-electron chi connectivity index (χ1n) is 8.30. The second-order valence-corrected chi connectivity index (χ2v) is 6.10. The maximum atomic E-state index is 5.94.